The Morgan fingerprint density at radius 1 is 1.18 bits per heavy atom. The molecule has 6 heteroatoms. The molecule has 17 heavy (non-hydrogen) atoms. The number of benzene rings is 1. The first-order valence-corrected chi connectivity index (χ1v) is 5.31. The molecule has 0 aliphatic rings. The third-order valence-corrected chi connectivity index (χ3v) is 2.56. The van der Waals surface area contributed by atoms with Crippen LogP contribution in [0.3, 0.4) is 0 Å². The van der Waals surface area contributed by atoms with E-state index in [1.807, 2.05) is 30.3 Å². The van der Waals surface area contributed by atoms with E-state index in [2.05, 4.69) is 20.1 Å². The van der Waals surface area contributed by atoms with Crippen LogP contribution in [0.2, 0.25) is 0 Å². The molecule has 88 valence electrons. The minimum Gasteiger partial charge on any atom is -0.0933 e. The average Bonchev–Trinajstić information content (AvgIpc) is 2.36. The van der Waals surface area contributed by atoms with Crippen molar-refractivity contribution in [3.8, 4) is 0 Å². The number of rotatable bonds is 6. The molecule has 0 aliphatic heterocycles. The largest absolute Gasteiger partial charge is 0.0933 e. The maximum atomic E-state index is 8.52. The SMILES string of the molecule is CC(CCc1ccccc1)(CN=[N+]=[N-])N=[N+]=[N-]. The number of aryl methyl sites for hydroxylation is 1. The first-order valence-electron chi connectivity index (χ1n) is 5.31. The lowest BCUT2D eigenvalue weighted by atomic mass is 9.94. The van der Waals surface area contributed by atoms with Gasteiger partial charge in [-0.25, -0.2) is 0 Å². The Bertz CT molecular complexity index is 444. The maximum absolute atomic E-state index is 8.52. The van der Waals surface area contributed by atoms with Gasteiger partial charge in [-0.3, -0.25) is 0 Å². The molecule has 0 radical (unpaired) electrons. The van der Waals surface area contributed by atoms with Crippen LogP contribution in [0.15, 0.2) is 40.6 Å². The zero-order valence-electron chi connectivity index (χ0n) is 9.69. The second-order valence-electron chi connectivity index (χ2n) is 4.06. The zero-order valence-corrected chi connectivity index (χ0v) is 9.69. The van der Waals surface area contributed by atoms with Gasteiger partial charge in [0, 0.05) is 16.4 Å². The van der Waals surface area contributed by atoms with Gasteiger partial charge in [0.15, 0.2) is 0 Å². The monoisotopic (exact) mass is 230 g/mol. The molecule has 1 rings (SSSR count). The molecule has 0 saturated heterocycles. The minimum atomic E-state index is -0.656. The van der Waals surface area contributed by atoms with Gasteiger partial charge in [0.05, 0.1) is 5.54 Å². The van der Waals surface area contributed by atoms with Gasteiger partial charge in [-0.1, -0.05) is 47.5 Å². The summed E-state index contributed by atoms with van der Waals surface area (Å²) in [4.78, 5) is 5.51. The third-order valence-electron chi connectivity index (χ3n) is 2.56. The van der Waals surface area contributed by atoms with Gasteiger partial charge in [-0.15, -0.1) is 0 Å². The fourth-order valence-electron chi connectivity index (χ4n) is 1.51. The van der Waals surface area contributed by atoms with Crippen molar-refractivity contribution < 1.29 is 0 Å². The predicted octanol–water partition coefficient (Wildman–Crippen LogP) is 4.00. The summed E-state index contributed by atoms with van der Waals surface area (Å²) in [5.41, 5.74) is 17.3. The third kappa shape index (κ3) is 4.47. The lowest BCUT2D eigenvalue weighted by molar-refractivity contribution is 0.441. The Kier molecular flexibility index (Phi) is 4.88. The Morgan fingerprint density at radius 3 is 2.47 bits per heavy atom. The smallest absolute Gasteiger partial charge is 0.0519 e. The molecule has 1 atom stereocenters. The first kappa shape index (κ1) is 12.9. The molecular weight excluding hydrogens is 216 g/mol. The van der Waals surface area contributed by atoms with Crippen LogP contribution < -0.4 is 0 Å². The molecule has 0 N–H and O–H groups in total. The summed E-state index contributed by atoms with van der Waals surface area (Å²) in [7, 11) is 0. The highest BCUT2D eigenvalue weighted by molar-refractivity contribution is 5.15. The fraction of sp³-hybridized carbons (Fsp3) is 0.455. The van der Waals surface area contributed by atoms with Gasteiger partial charge in [0.2, 0.25) is 0 Å². The molecule has 0 aliphatic carbocycles. The minimum absolute atomic E-state index is 0.181. The Labute approximate surface area is 99.5 Å². The van der Waals surface area contributed by atoms with Crippen LogP contribution in [0.1, 0.15) is 18.9 Å². The molecule has 0 heterocycles. The molecular formula is C11H14N6. The van der Waals surface area contributed by atoms with Crippen LogP contribution in [0.4, 0.5) is 0 Å². The molecule has 0 spiro atoms. The van der Waals surface area contributed by atoms with Gasteiger partial charge < -0.3 is 0 Å². The van der Waals surface area contributed by atoms with E-state index >= 15 is 0 Å². The normalized spacial score (nSPS) is 13.0. The first-order chi connectivity index (χ1) is 8.20. The van der Waals surface area contributed by atoms with E-state index < -0.39 is 5.54 Å². The van der Waals surface area contributed by atoms with Gasteiger partial charge >= 0.3 is 0 Å². The zero-order chi connectivity index (χ0) is 12.6. The van der Waals surface area contributed by atoms with Crippen LogP contribution in [-0.4, -0.2) is 12.1 Å². The number of azide groups is 2. The second-order valence-corrected chi connectivity index (χ2v) is 4.06. The summed E-state index contributed by atoms with van der Waals surface area (Å²) in [6.45, 7) is 1.98. The van der Waals surface area contributed by atoms with E-state index in [0.717, 1.165) is 6.42 Å². The average molecular weight is 230 g/mol. The van der Waals surface area contributed by atoms with Crippen molar-refractivity contribution in [1.82, 2.24) is 0 Å². The maximum Gasteiger partial charge on any atom is 0.0519 e. The van der Waals surface area contributed by atoms with Gasteiger partial charge in [-0.2, -0.15) is 0 Å². The summed E-state index contributed by atoms with van der Waals surface area (Å²) < 4.78 is 0. The van der Waals surface area contributed by atoms with Crippen molar-refractivity contribution in [1.29, 1.82) is 0 Å². The van der Waals surface area contributed by atoms with Gasteiger partial charge in [0.1, 0.15) is 0 Å². The van der Waals surface area contributed by atoms with Crippen molar-refractivity contribution >= 4 is 0 Å². The number of hydrogen-bond donors (Lipinski definition) is 0. The molecule has 0 saturated carbocycles. The number of nitrogens with zero attached hydrogens (tertiary/aromatic N) is 6. The lowest BCUT2D eigenvalue weighted by Gasteiger charge is -2.21. The van der Waals surface area contributed by atoms with Crippen LogP contribution >= 0.6 is 0 Å². The van der Waals surface area contributed by atoms with Crippen molar-refractivity contribution in [2.24, 2.45) is 10.2 Å². The lowest BCUT2D eigenvalue weighted by Crippen LogP contribution is -2.25. The van der Waals surface area contributed by atoms with Crippen molar-refractivity contribution in [3.63, 3.8) is 0 Å². The van der Waals surface area contributed by atoms with E-state index in [1.54, 1.807) is 6.92 Å². The summed E-state index contributed by atoms with van der Waals surface area (Å²) in [6.07, 6.45) is 1.44. The van der Waals surface area contributed by atoms with E-state index in [0.29, 0.717) is 6.42 Å². The molecule has 1 unspecified atom stereocenters. The van der Waals surface area contributed by atoms with Crippen LogP contribution in [-0.2, 0) is 6.42 Å². The Hall–Kier alpha value is -2.16. The Balaban J connectivity index is 2.67. The van der Waals surface area contributed by atoms with Crippen molar-refractivity contribution in [3.05, 3.63) is 56.8 Å². The van der Waals surface area contributed by atoms with E-state index in [-0.39, 0.29) is 6.54 Å². The predicted molar refractivity (Wildman–Crippen MR) is 66.3 cm³/mol. The van der Waals surface area contributed by atoms with Crippen LogP contribution in [0.25, 0.3) is 20.9 Å². The second kappa shape index (κ2) is 6.43. The fourth-order valence-corrected chi connectivity index (χ4v) is 1.51. The van der Waals surface area contributed by atoms with Crippen LogP contribution in [0.5, 0.6) is 0 Å². The standard InChI is InChI=1S/C11H14N6/c1-11(15-17-13,9-14-16-12)8-7-10-5-3-2-4-6-10/h2-6H,7-9H2,1H3. The molecule has 6 nitrogen and oxygen atoms in total. The van der Waals surface area contributed by atoms with E-state index in [1.165, 1.54) is 5.56 Å². The summed E-state index contributed by atoms with van der Waals surface area (Å²) in [6, 6.07) is 9.92. The van der Waals surface area contributed by atoms with E-state index in [4.69, 9.17) is 11.1 Å². The highest BCUT2D eigenvalue weighted by atomic mass is 15.2. The topological polar surface area (TPSA) is 97.5 Å². The van der Waals surface area contributed by atoms with Gasteiger partial charge in [0.25, 0.3) is 0 Å². The highest BCUT2D eigenvalue weighted by Gasteiger charge is 2.21. The quantitative estimate of drug-likeness (QED) is 0.401. The Morgan fingerprint density at radius 2 is 1.88 bits per heavy atom. The van der Waals surface area contributed by atoms with E-state index in [9.17, 15) is 0 Å². The summed E-state index contributed by atoms with van der Waals surface area (Å²) >= 11 is 0. The summed E-state index contributed by atoms with van der Waals surface area (Å²) in [5.74, 6) is 0. The van der Waals surface area contributed by atoms with Gasteiger partial charge in [-0.05, 0) is 29.5 Å². The molecule has 1 aromatic rings. The molecule has 0 amide bonds. The summed E-state index contributed by atoms with van der Waals surface area (Å²) in [5, 5.41) is 7.21. The molecule has 0 aromatic heterocycles. The highest BCUT2D eigenvalue weighted by Crippen LogP contribution is 2.19. The molecule has 0 bridgehead atoms. The molecule has 0 fully saturated rings. The number of hydrogen-bond acceptors (Lipinski definition) is 2. The van der Waals surface area contributed by atoms with Crippen molar-refractivity contribution in [2.45, 2.75) is 25.3 Å². The van der Waals surface area contributed by atoms with Crippen LogP contribution in [0, 0.1) is 0 Å². The van der Waals surface area contributed by atoms with Crippen molar-refractivity contribution in [2.75, 3.05) is 6.54 Å². The molecule has 1 aromatic carbocycles.